The minimum Gasteiger partial charge on any atom is -0.451 e. The number of thioether (sulfide) groups is 1. The van der Waals surface area contributed by atoms with Gasteiger partial charge in [0.15, 0.2) is 11.3 Å². The van der Waals surface area contributed by atoms with Gasteiger partial charge in [0.25, 0.3) is 10.0 Å². The monoisotopic (exact) mass is 499 g/mol. The number of hydrogen-bond donors (Lipinski definition) is 0. The average molecular weight is 500 g/mol. The first kappa shape index (κ1) is 22.6. The zero-order valence-electron chi connectivity index (χ0n) is 18.5. The summed E-state index contributed by atoms with van der Waals surface area (Å²) in [6.45, 7) is 3.92. The summed E-state index contributed by atoms with van der Waals surface area (Å²) in [4.78, 5) is 41.6. The van der Waals surface area contributed by atoms with Crippen molar-refractivity contribution in [3.05, 3.63) is 53.1 Å². The molecule has 0 spiro atoms. The molecule has 3 heterocycles. The number of carbonyl (C=O) groups excluding carboxylic acids is 3. The topological polar surface area (TPSA) is 113 Å². The third-order valence-corrected chi connectivity index (χ3v) is 8.31. The van der Waals surface area contributed by atoms with Crippen molar-refractivity contribution in [1.29, 1.82) is 0 Å². The average Bonchev–Trinajstić information content (AvgIpc) is 3.37. The molecule has 0 aliphatic carbocycles. The molecule has 176 valence electrons. The van der Waals surface area contributed by atoms with Gasteiger partial charge in [0, 0.05) is 36.2 Å². The van der Waals surface area contributed by atoms with Crippen molar-refractivity contribution in [2.45, 2.75) is 31.3 Å². The van der Waals surface area contributed by atoms with Crippen LogP contribution in [0.4, 0.5) is 11.4 Å². The normalized spacial score (nSPS) is 18.5. The van der Waals surface area contributed by atoms with E-state index in [9.17, 15) is 22.8 Å². The molecular weight excluding hydrogens is 478 g/mol. The molecule has 0 saturated heterocycles. The number of benzene rings is 2. The molecule has 1 amide bonds. The molecular formula is C23H21N3O6S2. The summed E-state index contributed by atoms with van der Waals surface area (Å²) in [5.74, 6) is -1.08. The Labute approximate surface area is 200 Å². The van der Waals surface area contributed by atoms with Crippen LogP contribution in [0.1, 0.15) is 40.1 Å². The van der Waals surface area contributed by atoms with Crippen LogP contribution in [0, 0.1) is 0 Å². The van der Waals surface area contributed by atoms with E-state index in [0.29, 0.717) is 35.1 Å². The van der Waals surface area contributed by atoms with Crippen LogP contribution in [0.5, 0.6) is 0 Å². The first-order valence-corrected chi connectivity index (χ1v) is 13.1. The van der Waals surface area contributed by atoms with Crippen LogP contribution in [0.3, 0.4) is 0 Å². The van der Waals surface area contributed by atoms with E-state index in [0.717, 1.165) is 16.9 Å². The largest absolute Gasteiger partial charge is 0.451 e. The number of rotatable bonds is 4. The van der Waals surface area contributed by atoms with Crippen LogP contribution < -0.4 is 9.80 Å². The lowest BCUT2D eigenvalue weighted by molar-refractivity contribution is -0.116. The molecule has 0 bridgehead atoms. The molecule has 3 aliphatic rings. The number of amidine groups is 1. The summed E-state index contributed by atoms with van der Waals surface area (Å²) in [7, 11) is -3.47. The first-order valence-electron chi connectivity index (χ1n) is 10.7. The van der Waals surface area contributed by atoms with E-state index >= 15 is 0 Å². The highest BCUT2D eigenvalue weighted by Crippen LogP contribution is 2.42. The first-order chi connectivity index (χ1) is 16.1. The van der Waals surface area contributed by atoms with Gasteiger partial charge in [-0.15, -0.1) is 4.40 Å². The van der Waals surface area contributed by atoms with Crippen LogP contribution in [-0.4, -0.2) is 56.2 Å². The molecule has 2 aromatic rings. The summed E-state index contributed by atoms with van der Waals surface area (Å²) in [6.07, 6.45) is -0.335. The van der Waals surface area contributed by atoms with Crippen molar-refractivity contribution in [1.82, 2.24) is 0 Å². The maximum absolute atomic E-state index is 12.9. The Hall–Kier alpha value is -3.18. The van der Waals surface area contributed by atoms with Gasteiger partial charge >= 0.3 is 5.97 Å². The number of nitrogens with zero attached hydrogens (tertiary/aromatic N) is 3. The standard InChI is InChI=1S/C23H21N3O6S2/c1-13(21(28)16-3-5-18-15(11-16)7-8-25(18)14(2)27)32-22(29)17-4-6-19-20(12-17)33-23-24-34(30,31)10-9-26(19)23/h3-6,11-13H,7-10H2,1-2H3/t13-/m1/s1. The summed E-state index contributed by atoms with van der Waals surface area (Å²) in [5.41, 5.74) is 3.19. The zero-order chi connectivity index (χ0) is 24.2. The number of ketones is 1. The van der Waals surface area contributed by atoms with E-state index < -0.39 is 22.1 Å². The number of amides is 1. The van der Waals surface area contributed by atoms with Crippen LogP contribution in [0.2, 0.25) is 0 Å². The highest BCUT2D eigenvalue weighted by atomic mass is 32.2. The van der Waals surface area contributed by atoms with E-state index in [4.69, 9.17) is 4.74 Å². The van der Waals surface area contributed by atoms with Gasteiger partial charge < -0.3 is 14.5 Å². The molecule has 3 aliphatic heterocycles. The fraction of sp³-hybridized carbons (Fsp3) is 0.304. The molecule has 0 saturated carbocycles. The Morgan fingerprint density at radius 3 is 2.56 bits per heavy atom. The van der Waals surface area contributed by atoms with Gasteiger partial charge in [0.2, 0.25) is 11.7 Å². The van der Waals surface area contributed by atoms with Crippen LogP contribution >= 0.6 is 11.8 Å². The SMILES string of the molecule is CC(=O)N1CCc2cc(C(=O)[C@@H](C)OC(=O)c3ccc4c(c3)SC3=NS(=O)(=O)CCN34)ccc21. The Balaban J connectivity index is 1.29. The second-order valence-corrected chi connectivity index (χ2v) is 11.0. The predicted molar refractivity (Wildman–Crippen MR) is 128 cm³/mol. The Morgan fingerprint density at radius 1 is 1.06 bits per heavy atom. The second-order valence-electron chi connectivity index (χ2n) is 8.27. The number of sulfonamides is 1. The fourth-order valence-electron chi connectivity index (χ4n) is 4.26. The van der Waals surface area contributed by atoms with Crippen molar-refractivity contribution < 1.29 is 27.5 Å². The number of esters is 1. The maximum atomic E-state index is 12.9. The van der Waals surface area contributed by atoms with Gasteiger partial charge in [0.1, 0.15) is 0 Å². The summed E-state index contributed by atoms with van der Waals surface area (Å²) >= 11 is 1.18. The maximum Gasteiger partial charge on any atom is 0.338 e. The van der Waals surface area contributed by atoms with Crippen LogP contribution in [0.15, 0.2) is 45.7 Å². The van der Waals surface area contributed by atoms with Crippen LogP contribution in [-0.2, 0) is 26.0 Å². The van der Waals surface area contributed by atoms with Gasteiger partial charge in [-0.2, -0.15) is 0 Å². The number of ether oxygens (including phenoxy) is 1. The lowest BCUT2D eigenvalue weighted by atomic mass is 10.0. The second kappa shape index (κ2) is 8.24. The summed E-state index contributed by atoms with van der Waals surface area (Å²) < 4.78 is 32.8. The van der Waals surface area contributed by atoms with E-state index in [1.54, 1.807) is 41.3 Å². The lowest BCUT2D eigenvalue weighted by Crippen LogP contribution is -2.35. The minimum absolute atomic E-state index is 0.0441. The Kier molecular flexibility index (Phi) is 5.48. The lowest BCUT2D eigenvalue weighted by Gasteiger charge is -2.22. The number of carbonyl (C=O) groups is 3. The fourth-order valence-corrected chi connectivity index (χ4v) is 6.55. The molecule has 0 aromatic heterocycles. The molecule has 1 atom stereocenters. The molecule has 34 heavy (non-hydrogen) atoms. The highest BCUT2D eigenvalue weighted by molar-refractivity contribution is 8.15. The van der Waals surface area contributed by atoms with Crippen molar-refractivity contribution >= 4 is 56.0 Å². The molecule has 0 N–H and O–H groups in total. The van der Waals surface area contributed by atoms with E-state index in [1.165, 1.54) is 25.6 Å². The van der Waals surface area contributed by atoms with Gasteiger partial charge in [-0.3, -0.25) is 9.59 Å². The van der Waals surface area contributed by atoms with Crippen molar-refractivity contribution in [3.8, 4) is 0 Å². The van der Waals surface area contributed by atoms with E-state index in [1.807, 2.05) is 4.90 Å². The number of fused-ring (bicyclic) bond motifs is 4. The number of hydrogen-bond acceptors (Lipinski definition) is 8. The van der Waals surface area contributed by atoms with Gasteiger partial charge in [-0.25, -0.2) is 13.2 Å². The summed E-state index contributed by atoms with van der Waals surface area (Å²) in [5, 5.41) is 0.371. The van der Waals surface area contributed by atoms with Crippen molar-refractivity contribution in [2.24, 2.45) is 4.40 Å². The molecule has 0 unspecified atom stereocenters. The van der Waals surface area contributed by atoms with Crippen LogP contribution in [0.25, 0.3) is 0 Å². The van der Waals surface area contributed by atoms with Gasteiger partial charge in [-0.05, 0) is 67.1 Å². The predicted octanol–water partition coefficient (Wildman–Crippen LogP) is 2.64. The molecule has 2 aromatic carbocycles. The summed E-state index contributed by atoms with van der Waals surface area (Å²) in [6, 6.07) is 10.1. The Morgan fingerprint density at radius 2 is 1.79 bits per heavy atom. The Bertz CT molecular complexity index is 1390. The number of anilines is 2. The van der Waals surface area contributed by atoms with E-state index in [-0.39, 0.29) is 23.0 Å². The van der Waals surface area contributed by atoms with Crippen molar-refractivity contribution in [2.75, 3.05) is 28.6 Å². The molecule has 0 radical (unpaired) electrons. The third kappa shape index (κ3) is 3.98. The minimum atomic E-state index is -3.47. The quantitative estimate of drug-likeness (QED) is 0.466. The van der Waals surface area contributed by atoms with E-state index in [2.05, 4.69) is 4.40 Å². The molecule has 9 nitrogen and oxygen atoms in total. The zero-order valence-corrected chi connectivity index (χ0v) is 20.1. The third-order valence-electron chi connectivity index (χ3n) is 6.00. The molecule has 5 rings (SSSR count). The van der Waals surface area contributed by atoms with Gasteiger partial charge in [0.05, 0.1) is 17.0 Å². The number of Topliss-reactive ketones (excluding diaryl/α,β-unsaturated/α-hetero) is 1. The van der Waals surface area contributed by atoms with Gasteiger partial charge in [-0.1, -0.05) is 0 Å². The molecule has 11 heteroatoms. The van der Waals surface area contributed by atoms with Crippen molar-refractivity contribution in [3.63, 3.8) is 0 Å². The smallest absolute Gasteiger partial charge is 0.338 e. The molecule has 0 fully saturated rings. The highest BCUT2D eigenvalue weighted by Gasteiger charge is 2.34.